The van der Waals surface area contributed by atoms with E-state index >= 15 is 0 Å². The molecule has 0 saturated carbocycles. The molecule has 1 saturated heterocycles. The molecule has 5 N–H and O–H groups in total. The fourth-order valence-electron chi connectivity index (χ4n) is 4.09. The Balaban J connectivity index is 1.20. The van der Waals surface area contributed by atoms with Crippen molar-refractivity contribution in [3.8, 4) is 5.75 Å². The number of carbonyl (C=O) groups is 3. The van der Waals surface area contributed by atoms with E-state index in [0.717, 1.165) is 28.6 Å². The molecule has 0 aliphatic carbocycles. The number of halogens is 1. The number of carbonyl (C=O) groups excluding carboxylic acids is 3. The van der Waals surface area contributed by atoms with Crippen molar-refractivity contribution in [2.75, 3.05) is 30.4 Å². The fraction of sp³-hybridized carbons (Fsp3) is 0.269. The molecule has 1 aliphatic heterocycles. The highest BCUT2D eigenvalue weighted by Gasteiger charge is 2.22. The lowest BCUT2D eigenvalue weighted by Crippen LogP contribution is -2.35. The Hall–Kier alpha value is -3.98. The normalized spacial score (nSPS) is 14.8. The molecule has 13 heteroatoms. The SMILES string of the molecule is Cc1ccc(I)cc1NC(=O)c1nc[nH]c1C(=O)Nc1nc2ccc(OCC(=O)NCC3CCCO3)cc2[nH]1. The van der Waals surface area contributed by atoms with Crippen LogP contribution in [-0.4, -0.2) is 63.5 Å². The van der Waals surface area contributed by atoms with Crippen molar-refractivity contribution in [2.45, 2.75) is 25.9 Å². The number of fused-ring (bicyclic) bond motifs is 1. The van der Waals surface area contributed by atoms with Crippen LogP contribution in [0.1, 0.15) is 39.4 Å². The van der Waals surface area contributed by atoms with Gasteiger partial charge in [-0.15, -0.1) is 0 Å². The van der Waals surface area contributed by atoms with E-state index in [1.54, 1.807) is 18.2 Å². The molecule has 4 aromatic rings. The van der Waals surface area contributed by atoms with Gasteiger partial charge in [0.15, 0.2) is 12.3 Å². The first kappa shape index (κ1) is 26.6. The molecule has 1 aliphatic rings. The zero-order chi connectivity index (χ0) is 27.4. The number of nitrogens with zero attached hydrogens (tertiary/aromatic N) is 2. The van der Waals surface area contributed by atoms with Crippen molar-refractivity contribution in [3.05, 3.63) is 63.2 Å². The van der Waals surface area contributed by atoms with Gasteiger partial charge >= 0.3 is 0 Å². The van der Waals surface area contributed by atoms with Crippen molar-refractivity contribution < 1.29 is 23.9 Å². The number of benzene rings is 2. The minimum Gasteiger partial charge on any atom is -0.484 e. The van der Waals surface area contributed by atoms with Crippen LogP contribution < -0.4 is 20.7 Å². The van der Waals surface area contributed by atoms with Gasteiger partial charge < -0.3 is 30.1 Å². The third kappa shape index (κ3) is 6.54. The third-order valence-electron chi connectivity index (χ3n) is 6.14. The molecule has 0 radical (unpaired) electrons. The van der Waals surface area contributed by atoms with E-state index in [2.05, 4.69) is 58.5 Å². The number of H-pyrrole nitrogens is 2. The summed E-state index contributed by atoms with van der Waals surface area (Å²) in [5, 5.41) is 8.26. The van der Waals surface area contributed by atoms with Gasteiger partial charge in [0.25, 0.3) is 17.7 Å². The molecule has 0 spiro atoms. The van der Waals surface area contributed by atoms with Gasteiger partial charge in [-0.05, 0) is 72.2 Å². The number of aryl methyl sites for hydroxylation is 1. The Morgan fingerprint density at radius 3 is 2.85 bits per heavy atom. The molecule has 5 rings (SSSR count). The lowest BCUT2D eigenvalue weighted by molar-refractivity contribution is -0.123. The molecule has 3 heterocycles. The monoisotopic (exact) mass is 643 g/mol. The van der Waals surface area contributed by atoms with Crippen molar-refractivity contribution in [2.24, 2.45) is 0 Å². The first-order chi connectivity index (χ1) is 18.9. The van der Waals surface area contributed by atoms with Crippen LogP contribution in [0.4, 0.5) is 11.6 Å². The minimum absolute atomic E-state index is 0.00530. The minimum atomic E-state index is -0.588. The zero-order valence-electron chi connectivity index (χ0n) is 21.0. The smallest absolute Gasteiger partial charge is 0.276 e. The van der Waals surface area contributed by atoms with Gasteiger partial charge in [0, 0.05) is 28.5 Å². The lowest BCUT2D eigenvalue weighted by atomic mass is 10.2. The summed E-state index contributed by atoms with van der Waals surface area (Å²) in [5.74, 6) is -0.696. The molecule has 3 amide bonds. The number of aromatic amines is 2. The van der Waals surface area contributed by atoms with E-state index in [-0.39, 0.29) is 36.0 Å². The average Bonchev–Trinajstić information content (AvgIpc) is 3.68. The molecule has 1 fully saturated rings. The van der Waals surface area contributed by atoms with Crippen molar-refractivity contribution >= 4 is 63.0 Å². The number of ether oxygens (including phenoxy) is 2. The molecule has 39 heavy (non-hydrogen) atoms. The fourth-order valence-corrected chi connectivity index (χ4v) is 4.58. The topological polar surface area (TPSA) is 163 Å². The van der Waals surface area contributed by atoms with Gasteiger partial charge in [-0.3, -0.25) is 19.7 Å². The average molecular weight is 643 g/mol. The van der Waals surface area contributed by atoms with Crippen LogP contribution in [0.25, 0.3) is 11.0 Å². The van der Waals surface area contributed by atoms with E-state index in [9.17, 15) is 14.4 Å². The zero-order valence-corrected chi connectivity index (χ0v) is 23.1. The molecule has 1 atom stereocenters. The summed E-state index contributed by atoms with van der Waals surface area (Å²) >= 11 is 2.16. The number of hydrogen-bond donors (Lipinski definition) is 5. The highest BCUT2D eigenvalue weighted by atomic mass is 127. The summed E-state index contributed by atoms with van der Waals surface area (Å²) in [5.41, 5.74) is 2.65. The van der Waals surface area contributed by atoms with Gasteiger partial charge in [0.2, 0.25) is 5.95 Å². The predicted octanol–water partition coefficient (Wildman–Crippen LogP) is 3.38. The Labute approximate surface area is 236 Å². The summed E-state index contributed by atoms with van der Waals surface area (Å²) in [7, 11) is 0. The molecular weight excluding hydrogens is 617 g/mol. The molecule has 2 aromatic carbocycles. The quantitative estimate of drug-likeness (QED) is 0.175. The van der Waals surface area contributed by atoms with E-state index in [4.69, 9.17) is 9.47 Å². The second-order valence-electron chi connectivity index (χ2n) is 8.99. The number of rotatable bonds is 9. The molecule has 2 aromatic heterocycles. The van der Waals surface area contributed by atoms with E-state index in [0.29, 0.717) is 29.0 Å². The Bertz CT molecular complexity index is 1530. The van der Waals surface area contributed by atoms with Crippen LogP contribution in [0.3, 0.4) is 0 Å². The first-order valence-corrected chi connectivity index (χ1v) is 13.4. The number of hydrogen-bond acceptors (Lipinski definition) is 7. The number of amides is 3. The second kappa shape index (κ2) is 11.8. The van der Waals surface area contributed by atoms with Crippen LogP contribution in [0, 0.1) is 10.5 Å². The van der Waals surface area contributed by atoms with Gasteiger partial charge in [-0.2, -0.15) is 0 Å². The maximum atomic E-state index is 13.0. The van der Waals surface area contributed by atoms with Crippen LogP contribution >= 0.6 is 22.6 Å². The van der Waals surface area contributed by atoms with Gasteiger partial charge in [0.1, 0.15) is 11.4 Å². The number of imidazole rings is 2. The summed E-state index contributed by atoms with van der Waals surface area (Å²) < 4.78 is 12.1. The summed E-state index contributed by atoms with van der Waals surface area (Å²) in [4.78, 5) is 52.0. The largest absolute Gasteiger partial charge is 0.484 e. The molecule has 202 valence electrons. The maximum Gasteiger partial charge on any atom is 0.276 e. The van der Waals surface area contributed by atoms with Gasteiger partial charge in [0.05, 0.1) is 23.5 Å². The van der Waals surface area contributed by atoms with Crippen molar-refractivity contribution in [1.82, 2.24) is 25.3 Å². The molecule has 1 unspecified atom stereocenters. The molecule has 12 nitrogen and oxygen atoms in total. The maximum absolute atomic E-state index is 13.0. The van der Waals surface area contributed by atoms with Crippen molar-refractivity contribution in [3.63, 3.8) is 0 Å². The third-order valence-corrected chi connectivity index (χ3v) is 6.81. The number of aromatic nitrogens is 4. The summed E-state index contributed by atoms with van der Waals surface area (Å²) in [6.07, 6.45) is 3.30. The Kier molecular flexibility index (Phi) is 8.07. The highest BCUT2D eigenvalue weighted by Crippen LogP contribution is 2.22. The van der Waals surface area contributed by atoms with Gasteiger partial charge in [-0.25, -0.2) is 9.97 Å². The van der Waals surface area contributed by atoms with Crippen LogP contribution in [0.2, 0.25) is 0 Å². The van der Waals surface area contributed by atoms with Gasteiger partial charge in [-0.1, -0.05) is 6.07 Å². The first-order valence-electron chi connectivity index (χ1n) is 12.3. The molecule has 0 bridgehead atoms. The predicted molar refractivity (Wildman–Crippen MR) is 152 cm³/mol. The van der Waals surface area contributed by atoms with Crippen LogP contribution in [0.15, 0.2) is 42.7 Å². The van der Waals surface area contributed by atoms with Crippen LogP contribution in [-0.2, 0) is 9.53 Å². The lowest BCUT2D eigenvalue weighted by Gasteiger charge is -2.11. The number of nitrogens with one attached hydrogen (secondary N) is 5. The molecular formula is C26H26IN7O5. The highest BCUT2D eigenvalue weighted by molar-refractivity contribution is 14.1. The Morgan fingerprint density at radius 1 is 1.15 bits per heavy atom. The van der Waals surface area contributed by atoms with E-state index in [1.807, 2.05) is 25.1 Å². The number of anilines is 2. The van der Waals surface area contributed by atoms with Crippen molar-refractivity contribution in [1.29, 1.82) is 0 Å². The van der Waals surface area contributed by atoms with E-state index < -0.39 is 11.8 Å². The Morgan fingerprint density at radius 2 is 2.03 bits per heavy atom. The second-order valence-corrected chi connectivity index (χ2v) is 10.2. The summed E-state index contributed by atoms with van der Waals surface area (Å²) in [6, 6.07) is 10.8. The standard InChI is InChI=1S/C26H26IN7O5/c1-14-4-5-15(27)9-19(14)31-24(36)22-23(30-13-29-22)25(37)34-26-32-18-7-6-16(10-20(18)33-26)39-12-21(35)28-11-17-3-2-8-38-17/h4-7,9-10,13,17H,2-3,8,11-12H2,1H3,(H,28,35)(H,29,30)(H,31,36)(H2,32,33,34,37). The summed E-state index contributed by atoms with van der Waals surface area (Å²) in [6.45, 7) is 2.94. The van der Waals surface area contributed by atoms with Crippen LogP contribution in [0.5, 0.6) is 5.75 Å². The van der Waals surface area contributed by atoms with E-state index in [1.165, 1.54) is 6.33 Å².